The molecule has 0 spiro atoms. The smallest absolute Gasteiger partial charge is 0.251 e. The summed E-state index contributed by atoms with van der Waals surface area (Å²) in [7, 11) is -0.704. The summed E-state index contributed by atoms with van der Waals surface area (Å²) in [5.41, 5.74) is 0.461. The summed E-state index contributed by atoms with van der Waals surface area (Å²) in [4.78, 5) is 12.6. The Labute approximate surface area is 148 Å². The molecule has 2 unspecified atom stereocenters. The third-order valence-electron chi connectivity index (χ3n) is 4.00. The number of rotatable bonds is 6. The molecule has 1 aliphatic heterocycles. The standard InChI is InChI=1S/C16H25N3O5S/c1-10-7-12(5-6-17-10)18-16(20)11-8-13(19-25(4,21)22)15(24-3)14(9-11)23-2/h8-10,12,17,19H,5-7H2,1-4H3,(H,18,20). The Morgan fingerprint density at radius 2 is 2.00 bits per heavy atom. The SMILES string of the molecule is COc1cc(C(=O)NC2CCNC(C)C2)cc(NS(C)(=O)=O)c1OC. The predicted molar refractivity (Wildman–Crippen MR) is 96.0 cm³/mol. The van der Waals surface area contributed by atoms with E-state index in [0.717, 1.165) is 25.6 Å². The molecule has 1 heterocycles. The fourth-order valence-electron chi connectivity index (χ4n) is 2.90. The predicted octanol–water partition coefficient (Wildman–Crippen LogP) is 0.946. The van der Waals surface area contributed by atoms with Gasteiger partial charge in [-0.1, -0.05) is 0 Å². The van der Waals surface area contributed by atoms with Crippen LogP contribution in [0.2, 0.25) is 0 Å². The highest BCUT2D eigenvalue weighted by molar-refractivity contribution is 7.92. The van der Waals surface area contributed by atoms with Gasteiger partial charge in [0, 0.05) is 17.6 Å². The van der Waals surface area contributed by atoms with Gasteiger partial charge in [-0.25, -0.2) is 8.42 Å². The largest absolute Gasteiger partial charge is 0.493 e. The first-order chi connectivity index (χ1) is 11.7. The van der Waals surface area contributed by atoms with Gasteiger partial charge in [0.2, 0.25) is 10.0 Å². The maximum absolute atomic E-state index is 12.6. The summed E-state index contributed by atoms with van der Waals surface area (Å²) in [6.45, 7) is 2.92. The topological polar surface area (TPSA) is 106 Å². The highest BCUT2D eigenvalue weighted by atomic mass is 32.2. The molecule has 1 amide bonds. The average Bonchev–Trinajstić information content (AvgIpc) is 2.52. The fourth-order valence-corrected chi connectivity index (χ4v) is 3.45. The van der Waals surface area contributed by atoms with Crippen LogP contribution in [0, 0.1) is 0 Å². The molecule has 1 aromatic carbocycles. The van der Waals surface area contributed by atoms with Crippen molar-refractivity contribution in [2.45, 2.75) is 31.8 Å². The van der Waals surface area contributed by atoms with Crippen LogP contribution in [-0.4, -0.2) is 53.4 Å². The zero-order valence-corrected chi connectivity index (χ0v) is 15.7. The third kappa shape index (κ3) is 5.23. The van der Waals surface area contributed by atoms with Crippen LogP contribution in [0.5, 0.6) is 11.5 Å². The quantitative estimate of drug-likeness (QED) is 0.687. The minimum absolute atomic E-state index is 0.0724. The Balaban J connectivity index is 2.30. The van der Waals surface area contributed by atoms with E-state index < -0.39 is 10.0 Å². The number of amides is 1. The second-order valence-electron chi connectivity index (χ2n) is 6.18. The molecule has 2 atom stereocenters. The number of hydrogen-bond donors (Lipinski definition) is 3. The van der Waals surface area contributed by atoms with E-state index in [-0.39, 0.29) is 29.1 Å². The van der Waals surface area contributed by atoms with Crippen molar-refractivity contribution < 1.29 is 22.7 Å². The van der Waals surface area contributed by atoms with Crippen LogP contribution in [0.15, 0.2) is 12.1 Å². The number of carbonyl (C=O) groups is 1. The van der Waals surface area contributed by atoms with Crippen molar-refractivity contribution in [1.82, 2.24) is 10.6 Å². The van der Waals surface area contributed by atoms with E-state index in [1.54, 1.807) is 0 Å². The molecule has 8 nitrogen and oxygen atoms in total. The van der Waals surface area contributed by atoms with Crippen LogP contribution < -0.4 is 24.8 Å². The molecule has 1 fully saturated rings. The summed E-state index contributed by atoms with van der Waals surface area (Å²) in [5, 5.41) is 6.32. The lowest BCUT2D eigenvalue weighted by Gasteiger charge is -2.28. The number of anilines is 1. The van der Waals surface area contributed by atoms with Crippen molar-refractivity contribution in [3.8, 4) is 11.5 Å². The normalized spacial score (nSPS) is 20.6. The van der Waals surface area contributed by atoms with E-state index >= 15 is 0 Å². The first-order valence-electron chi connectivity index (χ1n) is 8.01. The Morgan fingerprint density at radius 1 is 1.28 bits per heavy atom. The number of nitrogens with one attached hydrogen (secondary N) is 3. The summed E-state index contributed by atoms with van der Waals surface area (Å²) >= 11 is 0. The molecular weight excluding hydrogens is 346 g/mol. The van der Waals surface area contributed by atoms with E-state index in [1.165, 1.54) is 26.4 Å². The van der Waals surface area contributed by atoms with Crippen LogP contribution in [0.25, 0.3) is 0 Å². The van der Waals surface area contributed by atoms with Crippen molar-refractivity contribution in [3.63, 3.8) is 0 Å². The van der Waals surface area contributed by atoms with E-state index in [9.17, 15) is 13.2 Å². The average molecular weight is 371 g/mol. The van der Waals surface area contributed by atoms with Gasteiger partial charge in [0.1, 0.15) is 0 Å². The van der Waals surface area contributed by atoms with Gasteiger partial charge >= 0.3 is 0 Å². The first-order valence-corrected chi connectivity index (χ1v) is 9.90. The van der Waals surface area contributed by atoms with Crippen LogP contribution in [0.4, 0.5) is 5.69 Å². The van der Waals surface area contributed by atoms with Gasteiger partial charge in [0.05, 0.1) is 26.2 Å². The van der Waals surface area contributed by atoms with E-state index in [0.29, 0.717) is 11.6 Å². The van der Waals surface area contributed by atoms with Gasteiger partial charge < -0.3 is 20.1 Å². The van der Waals surface area contributed by atoms with Crippen LogP contribution in [0.1, 0.15) is 30.1 Å². The van der Waals surface area contributed by atoms with Gasteiger partial charge in [0.15, 0.2) is 11.5 Å². The van der Waals surface area contributed by atoms with Gasteiger partial charge in [-0.05, 0) is 38.4 Å². The van der Waals surface area contributed by atoms with Crippen molar-refractivity contribution in [1.29, 1.82) is 0 Å². The summed E-state index contributed by atoms with van der Waals surface area (Å²) in [6.07, 6.45) is 2.72. The van der Waals surface area contributed by atoms with Gasteiger partial charge in [-0.15, -0.1) is 0 Å². The van der Waals surface area contributed by atoms with Gasteiger partial charge in [0.25, 0.3) is 5.91 Å². The molecule has 1 aliphatic rings. The summed E-state index contributed by atoms with van der Waals surface area (Å²) in [6, 6.07) is 3.39. The lowest BCUT2D eigenvalue weighted by Crippen LogP contribution is -2.46. The second kappa shape index (κ2) is 7.92. The highest BCUT2D eigenvalue weighted by Gasteiger charge is 2.23. The third-order valence-corrected chi connectivity index (χ3v) is 4.59. The monoisotopic (exact) mass is 371 g/mol. The molecule has 1 aromatic rings. The number of methoxy groups -OCH3 is 2. The Hall–Kier alpha value is -2.00. The van der Waals surface area contributed by atoms with Crippen LogP contribution in [-0.2, 0) is 10.0 Å². The molecule has 1 saturated heterocycles. The van der Waals surface area contributed by atoms with Crippen LogP contribution >= 0.6 is 0 Å². The number of piperidine rings is 1. The maximum atomic E-state index is 12.6. The van der Waals surface area contributed by atoms with Crippen molar-refractivity contribution in [2.75, 3.05) is 31.7 Å². The highest BCUT2D eigenvalue weighted by Crippen LogP contribution is 2.37. The molecule has 25 heavy (non-hydrogen) atoms. The minimum atomic E-state index is -3.54. The summed E-state index contributed by atoms with van der Waals surface area (Å²) < 4.78 is 36.0. The Kier molecular flexibility index (Phi) is 6.12. The van der Waals surface area contributed by atoms with E-state index in [4.69, 9.17) is 9.47 Å². The minimum Gasteiger partial charge on any atom is -0.493 e. The van der Waals surface area contributed by atoms with Crippen molar-refractivity contribution in [3.05, 3.63) is 17.7 Å². The van der Waals surface area contributed by atoms with E-state index in [1.807, 2.05) is 0 Å². The molecule has 140 valence electrons. The molecular formula is C16H25N3O5S. The molecule has 0 aromatic heterocycles. The lowest BCUT2D eigenvalue weighted by molar-refractivity contribution is 0.0925. The molecule has 2 rings (SSSR count). The molecule has 0 aliphatic carbocycles. The zero-order chi connectivity index (χ0) is 18.6. The number of ether oxygens (including phenoxy) is 2. The zero-order valence-electron chi connectivity index (χ0n) is 14.9. The Bertz CT molecular complexity index is 736. The van der Waals surface area contributed by atoms with Crippen molar-refractivity contribution >= 4 is 21.6 Å². The van der Waals surface area contributed by atoms with E-state index in [2.05, 4.69) is 22.3 Å². The number of benzene rings is 1. The molecule has 0 saturated carbocycles. The molecule has 0 bridgehead atoms. The molecule has 9 heteroatoms. The number of sulfonamides is 1. The number of hydrogen-bond acceptors (Lipinski definition) is 6. The Morgan fingerprint density at radius 3 is 2.56 bits per heavy atom. The van der Waals surface area contributed by atoms with Crippen LogP contribution in [0.3, 0.4) is 0 Å². The number of carbonyl (C=O) groups excluding carboxylic acids is 1. The first kappa shape index (κ1) is 19.3. The van der Waals surface area contributed by atoms with Gasteiger partial charge in [-0.3, -0.25) is 9.52 Å². The lowest BCUT2D eigenvalue weighted by atomic mass is 10.00. The summed E-state index contributed by atoms with van der Waals surface area (Å²) in [5.74, 6) is 0.219. The second-order valence-corrected chi connectivity index (χ2v) is 7.93. The molecule has 0 radical (unpaired) electrons. The molecule has 3 N–H and O–H groups in total. The fraction of sp³-hybridized carbons (Fsp3) is 0.562. The van der Waals surface area contributed by atoms with Gasteiger partial charge in [-0.2, -0.15) is 0 Å². The maximum Gasteiger partial charge on any atom is 0.251 e. The van der Waals surface area contributed by atoms with Crippen molar-refractivity contribution in [2.24, 2.45) is 0 Å².